The van der Waals surface area contributed by atoms with E-state index in [1.165, 1.54) is 11.8 Å². The Bertz CT molecular complexity index is 1050. The van der Waals surface area contributed by atoms with E-state index in [1.807, 2.05) is 18.2 Å². The fourth-order valence-electron chi connectivity index (χ4n) is 5.39. The number of nitrogens with zero attached hydrogens (tertiary/aromatic N) is 2. The Balaban J connectivity index is 1.52. The lowest BCUT2D eigenvalue weighted by Gasteiger charge is -2.27. The third-order valence-electron chi connectivity index (χ3n) is 6.71. The number of hydrogen-bond acceptors (Lipinski definition) is 5. The molecule has 3 heterocycles. The molecule has 2 amide bonds. The second-order valence-electron chi connectivity index (χ2n) is 8.29. The van der Waals surface area contributed by atoms with Gasteiger partial charge in [0.05, 0.1) is 23.6 Å². The second-order valence-corrected chi connectivity index (χ2v) is 8.29. The van der Waals surface area contributed by atoms with Crippen molar-refractivity contribution in [1.82, 2.24) is 4.90 Å². The molecule has 0 unspecified atom stereocenters. The summed E-state index contributed by atoms with van der Waals surface area (Å²) >= 11 is 0. The van der Waals surface area contributed by atoms with Crippen LogP contribution < -0.4 is 4.90 Å². The quantitative estimate of drug-likeness (QED) is 0.581. The van der Waals surface area contributed by atoms with Gasteiger partial charge in [-0.3, -0.25) is 24.1 Å². The summed E-state index contributed by atoms with van der Waals surface area (Å²) in [4.78, 5) is 55.1. The molecule has 0 aliphatic carbocycles. The molecule has 3 fully saturated rings. The van der Waals surface area contributed by atoms with Crippen LogP contribution in [0, 0.1) is 11.8 Å². The normalized spacial score (nSPS) is 28.0. The number of Topliss-reactive ketones (excluding diaryl/α,β-unsaturated/α-hetero) is 2. The minimum Gasteiger partial charge on any atom is -0.295 e. The summed E-state index contributed by atoms with van der Waals surface area (Å²) in [5.41, 5.74) is 1.55. The minimum absolute atomic E-state index is 0.0763. The van der Waals surface area contributed by atoms with Crippen molar-refractivity contribution in [2.75, 3.05) is 11.4 Å². The van der Waals surface area contributed by atoms with Crippen molar-refractivity contribution in [3.05, 3.63) is 65.7 Å². The molecule has 0 N–H and O–H groups in total. The van der Waals surface area contributed by atoms with Crippen LogP contribution in [0.4, 0.5) is 5.69 Å². The van der Waals surface area contributed by atoms with E-state index in [2.05, 4.69) is 4.90 Å². The molecule has 152 valence electrons. The van der Waals surface area contributed by atoms with Gasteiger partial charge < -0.3 is 0 Å². The molecule has 0 saturated carbocycles. The highest BCUT2D eigenvalue weighted by molar-refractivity contribution is 6.24. The van der Waals surface area contributed by atoms with Crippen LogP contribution in [-0.4, -0.2) is 46.9 Å². The van der Waals surface area contributed by atoms with Gasteiger partial charge in [-0.25, -0.2) is 4.90 Å². The van der Waals surface area contributed by atoms with Gasteiger partial charge in [0.15, 0.2) is 11.6 Å². The summed E-state index contributed by atoms with van der Waals surface area (Å²) in [6.45, 7) is 2.20. The summed E-state index contributed by atoms with van der Waals surface area (Å²) in [6, 6.07) is 14.8. The summed E-state index contributed by atoms with van der Waals surface area (Å²) < 4.78 is 0. The van der Waals surface area contributed by atoms with E-state index in [9.17, 15) is 19.2 Å². The van der Waals surface area contributed by atoms with Gasteiger partial charge >= 0.3 is 0 Å². The Morgan fingerprint density at radius 3 is 2.20 bits per heavy atom. The molecule has 0 spiro atoms. The number of carbonyl (C=O) groups excluding carboxylic acids is 4. The first-order valence-electron chi connectivity index (χ1n) is 10.3. The van der Waals surface area contributed by atoms with Gasteiger partial charge in [0.25, 0.3) is 0 Å². The lowest BCUT2D eigenvalue weighted by Crippen LogP contribution is -2.46. The molecule has 0 aromatic heterocycles. The topological polar surface area (TPSA) is 74.8 Å². The fraction of sp³-hybridized carbons (Fsp3) is 0.333. The number of rotatable bonds is 4. The maximum atomic E-state index is 13.5. The van der Waals surface area contributed by atoms with Crippen molar-refractivity contribution in [2.45, 2.75) is 31.8 Å². The standard InChI is InChI=1S/C24H22N2O4/c1-14(27)15-9-11-17(12-10-15)26-23(29)19-18-8-5-13-25(18)21(20(19)24(26)30)22(28)16-6-3-2-4-7-16/h2-4,6-7,9-12,18-21H,5,8,13H2,1H3/t18-,19+,20+,21-/m1/s1. The number of carbonyl (C=O) groups is 4. The van der Waals surface area contributed by atoms with Crippen LogP contribution in [0.5, 0.6) is 0 Å². The van der Waals surface area contributed by atoms with Crippen LogP contribution in [0.2, 0.25) is 0 Å². The molecule has 2 aromatic carbocycles. The van der Waals surface area contributed by atoms with E-state index in [0.717, 1.165) is 19.4 Å². The first-order valence-corrected chi connectivity index (χ1v) is 10.3. The van der Waals surface area contributed by atoms with Crippen molar-refractivity contribution in [3.63, 3.8) is 0 Å². The van der Waals surface area contributed by atoms with Crippen molar-refractivity contribution in [3.8, 4) is 0 Å². The molecule has 3 aliphatic heterocycles. The fourth-order valence-corrected chi connectivity index (χ4v) is 5.39. The number of anilines is 1. The summed E-state index contributed by atoms with van der Waals surface area (Å²) in [7, 11) is 0. The zero-order valence-corrected chi connectivity index (χ0v) is 16.7. The maximum Gasteiger partial charge on any atom is 0.239 e. The highest BCUT2D eigenvalue weighted by atomic mass is 16.2. The third-order valence-corrected chi connectivity index (χ3v) is 6.71. The van der Waals surface area contributed by atoms with Gasteiger partial charge in [-0.2, -0.15) is 0 Å². The molecule has 3 aliphatic rings. The summed E-state index contributed by atoms with van der Waals surface area (Å²) in [6.07, 6.45) is 1.73. The summed E-state index contributed by atoms with van der Waals surface area (Å²) in [5, 5.41) is 0. The van der Waals surface area contributed by atoms with E-state index >= 15 is 0 Å². The van der Waals surface area contributed by atoms with Gasteiger partial charge in [0, 0.05) is 17.2 Å². The smallest absolute Gasteiger partial charge is 0.239 e. The van der Waals surface area contributed by atoms with Crippen LogP contribution in [0.1, 0.15) is 40.5 Å². The second kappa shape index (κ2) is 6.99. The van der Waals surface area contributed by atoms with Gasteiger partial charge in [0.1, 0.15) is 0 Å². The average molecular weight is 402 g/mol. The molecule has 2 aromatic rings. The van der Waals surface area contributed by atoms with Gasteiger partial charge in [-0.1, -0.05) is 30.3 Å². The lowest BCUT2D eigenvalue weighted by molar-refractivity contribution is -0.123. The van der Waals surface area contributed by atoms with E-state index in [-0.39, 0.29) is 29.4 Å². The van der Waals surface area contributed by atoms with Crippen LogP contribution >= 0.6 is 0 Å². The Kier molecular flexibility index (Phi) is 4.40. The Labute approximate surface area is 174 Å². The summed E-state index contributed by atoms with van der Waals surface area (Å²) in [5.74, 6) is -1.88. The molecule has 6 heteroatoms. The molecule has 5 rings (SSSR count). The number of amides is 2. The molecule has 3 saturated heterocycles. The first-order chi connectivity index (χ1) is 14.5. The molecule has 4 atom stereocenters. The van der Waals surface area contributed by atoms with E-state index in [0.29, 0.717) is 16.8 Å². The number of fused-ring (bicyclic) bond motifs is 3. The number of benzene rings is 2. The maximum absolute atomic E-state index is 13.5. The van der Waals surface area contributed by atoms with Crippen LogP contribution in [0.15, 0.2) is 54.6 Å². The number of hydrogen-bond donors (Lipinski definition) is 0. The van der Waals surface area contributed by atoms with Gasteiger partial charge in [-0.05, 0) is 50.6 Å². The largest absolute Gasteiger partial charge is 0.295 e. The predicted molar refractivity (Wildman–Crippen MR) is 110 cm³/mol. The molecule has 30 heavy (non-hydrogen) atoms. The van der Waals surface area contributed by atoms with E-state index in [1.54, 1.807) is 36.4 Å². The Morgan fingerprint density at radius 1 is 0.867 bits per heavy atom. The number of imide groups is 1. The van der Waals surface area contributed by atoms with Gasteiger partial charge in [-0.15, -0.1) is 0 Å². The van der Waals surface area contributed by atoms with Crippen molar-refractivity contribution in [1.29, 1.82) is 0 Å². The Hall–Kier alpha value is -3.12. The van der Waals surface area contributed by atoms with Gasteiger partial charge in [0.2, 0.25) is 11.8 Å². The SMILES string of the molecule is CC(=O)c1ccc(N2C(=O)[C@@H]3[C@H](C2=O)[C@H](C(=O)c2ccccc2)N2CCC[C@H]32)cc1. The molecule has 0 bridgehead atoms. The molecule has 0 radical (unpaired) electrons. The highest BCUT2D eigenvalue weighted by Gasteiger charge is 2.64. The minimum atomic E-state index is -0.664. The molecule has 6 nitrogen and oxygen atoms in total. The zero-order chi connectivity index (χ0) is 21.0. The average Bonchev–Trinajstić information content (AvgIpc) is 3.40. The monoisotopic (exact) mass is 402 g/mol. The van der Waals surface area contributed by atoms with Crippen LogP contribution in [0.3, 0.4) is 0 Å². The van der Waals surface area contributed by atoms with Crippen molar-refractivity contribution >= 4 is 29.1 Å². The van der Waals surface area contributed by atoms with Crippen molar-refractivity contribution < 1.29 is 19.2 Å². The molecular weight excluding hydrogens is 380 g/mol. The predicted octanol–water partition coefficient (Wildman–Crippen LogP) is 2.72. The zero-order valence-electron chi connectivity index (χ0n) is 16.7. The molecular formula is C24H22N2O4. The highest BCUT2D eigenvalue weighted by Crippen LogP contribution is 2.48. The van der Waals surface area contributed by atoms with E-state index < -0.39 is 17.9 Å². The third kappa shape index (κ3) is 2.67. The van der Waals surface area contributed by atoms with Crippen molar-refractivity contribution in [2.24, 2.45) is 11.8 Å². The van der Waals surface area contributed by atoms with Crippen LogP contribution in [0.25, 0.3) is 0 Å². The van der Waals surface area contributed by atoms with Crippen LogP contribution in [-0.2, 0) is 9.59 Å². The Morgan fingerprint density at radius 2 is 1.53 bits per heavy atom. The number of ketones is 2. The van der Waals surface area contributed by atoms with E-state index in [4.69, 9.17) is 0 Å². The lowest BCUT2D eigenvalue weighted by atomic mass is 9.85. The first kappa shape index (κ1) is 18.9.